The van der Waals surface area contributed by atoms with Gasteiger partial charge in [0.15, 0.2) is 0 Å². The summed E-state index contributed by atoms with van der Waals surface area (Å²) in [7, 11) is 2.15. The number of aliphatic hydroxyl groups is 1. The highest BCUT2D eigenvalue weighted by molar-refractivity contribution is 4.78. The molecule has 3 nitrogen and oxygen atoms in total. The van der Waals surface area contributed by atoms with Crippen molar-refractivity contribution in [3.63, 3.8) is 0 Å². The van der Waals surface area contributed by atoms with E-state index in [1.54, 1.807) is 0 Å². The van der Waals surface area contributed by atoms with Gasteiger partial charge in [0.25, 0.3) is 0 Å². The van der Waals surface area contributed by atoms with E-state index in [1.807, 2.05) is 20.8 Å². The Morgan fingerprint density at radius 3 is 2.25 bits per heavy atom. The molecule has 98 valence electrons. The molecule has 1 atom stereocenters. The molecule has 16 heavy (non-hydrogen) atoms. The van der Waals surface area contributed by atoms with Crippen LogP contribution in [0.4, 0.5) is 0 Å². The van der Waals surface area contributed by atoms with E-state index < -0.39 is 5.60 Å². The summed E-state index contributed by atoms with van der Waals surface area (Å²) >= 11 is 0. The average molecular weight is 230 g/mol. The third kappa shape index (κ3) is 6.46. The van der Waals surface area contributed by atoms with Crippen molar-refractivity contribution in [2.24, 2.45) is 5.92 Å². The van der Waals surface area contributed by atoms with Gasteiger partial charge in [-0.2, -0.15) is 0 Å². The molecule has 0 bridgehead atoms. The maximum atomic E-state index is 10.0. The lowest BCUT2D eigenvalue weighted by atomic mass is 9.92. The highest BCUT2D eigenvalue weighted by atomic mass is 16.3. The number of rotatable bonds is 8. The van der Waals surface area contributed by atoms with Crippen molar-refractivity contribution < 1.29 is 5.11 Å². The topological polar surface area (TPSA) is 35.5 Å². The summed E-state index contributed by atoms with van der Waals surface area (Å²) < 4.78 is 0. The van der Waals surface area contributed by atoms with E-state index in [4.69, 9.17) is 0 Å². The van der Waals surface area contributed by atoms with Crippen LogP contribution in [0.25, 0.3) is 0 Å². The predicted octanol–water partition coefficient (Wildman–Crippen LogP) is 1.71. The van der Waals surface area contributed by atoms with Crippen LogP contribution in [-0.2, 0) is 0 Å². The van der Waals surface area contributed by atoms with Gasteiger partial charge in [0, 0.05) is 12.6 Å². The van der Waals surface area contributed by atoms with Crippen LogP contribution < -0.4 is 5.32 Å². The first kappa shape index (κ1) is 15.9. The first-order chi connectivity index (χ1) is 7.27. The van der Waals surface area contributed by atoms with Gasteiger partial charge in [-0.1, -0.05) is 13.8 Å². The van der Waals surface area contributed by atoms with Crippen LogP contribution in [-0.4, -0.2) is 48.3 Å². The maximum absolute atomic E-state index is 10.0. The zero-order valence-corrected chi connectivity index (χ0v) is 11.9. The second-order valence-corrected chi connectivity index (χ2v) is 5.62. The second-order valence-electron chi connectivity index (χ2n) is 5.62. The minimum Gasteiger partial charge on any atom is -0.389 e. The van der Waals surface area contributed by atoms with Crippen molar-refractivity contribution in [2.45, 2.75) is 52.7 Å². The van der Waals surface area contributed by atoms with E-state index in [1.165, 1.54) is 0 Å². The van der Waals surface area contributed by atoms with E-state index in [2.05, 4.69) is 31.1 Å². The Labute approximate surface area is 101 Å². The Bertz CT molecular complexity index is 179. The van der Waals surface area contributed by atoms with Gasteiger partial charge in [0.05, 0.1) is 5.60 Å². The minimum absolute atomic E-state index is 0.290. The van der Waals surface area contributed by atoms with Crippen LogP contribution in [0.1, 0.15) is 41.0 Å². The van der Waals surface area contributed by atoms with E-state index >= 15 is 0 Å². The van der Waals surface area contributed by atoms with Gasteiger partial charge in [-0.25, -0.2) is 0 Å². The molecule has 0 heterocycles. The first-order valence-electron chi connectivity index (χ1n) is 6.40. The van der Waals surface area contributed by atoms with Crippen LogP contribution in [0.3, 0.4) is 0 Å². The lowest BCUT2D eigenvalue weighted by Crippen LogP contribution is -2.42. The Morgan fingerprint density at radius 2 is 1.81 bits per heavy atom. The zero-order chi connectivity index (χ0) is 12.8. The first-order valence-corrected chi connectivity index (χ1v) is 6.40. The summed E-state index contributed by atoms with van der Waals surface area (Å²) in [6.07, 6.45) is 1.13. The van der Waals surface area contributed by atoms with E-state index in [9.17, 15) is 5.11 Å². The van der Waals surface area contributed by atoms with Gasteiger partial charge in [0.2, 0.25) is 0 Å². The number of nitrogens with zero attached hydrogens (tertiary/aromatic N) is 1. The molecule has 0 aliphatic rings. The molecule has 0 aromatic carbocycles. The maximum Gasteiger partial charge on any atom is 0.0766 e. The molecule has 0 amide bonds. The standard InChI is InChI=1S/C13H30N2O/c1-11(2)13(5,16)10-14-8-7-9-15(6)12(3)4/h11-12,14,16H,7-10H2,1-6H3. The SMILES string of the molecule is CC(C)N(C)CCCNCC(C)(O)C(C)C. The lowest BCUT2D eigenvalue weighted by molar-refractivity contribution is 0.0142. The zero-order valence-electron chi connectivity index (χ0n) is 11.9. The number of nitrogens with one attached hydrogen (secondary N) is 1. The van der Waals surface area contributed by atoms with E-state index in [0.717, 1.165) is 19.5 Å². The van der Waals surface area contributed by atoms with Gasteiger partial charge in [-0.05, 0) is 53.2 Å². The summed E-state index contributed by atoms with van der Waals surface area (Å²) in [5.74, 6) is 0.290. The molecule has 0 radical (unpaired) electrons. The van der Waals surface area contributed by atoms with E-state index in [0.29, 0.717) is 18.5 Å². The van der Waals surface area contributed by atoms with Crippen LogP contribution in [0.5, 0.6) is 0 Å². The lowest BCUT2D eigenvalue weighted by Gasteiger charge is -2.28. The molecular weight excluding hydrogens is 200 g/mol. The molecule has 0 aliphatic carbocycles. The molecule has 3 heteroatoms. The molecular formula is C13H30N2O. The molecule has 0 rings (SSSR count). The fourth-order valence-electron chi connectivity index (χ4n) is 1.26. The summed E-state index contributed by atoms with van der Waals surface area (Å²) in [6, 6.07) is 0.610. The fourth-order valence-corrected chi connectivity index (χ4v) is 1.26. The smallest absolute Gasteiger partial charge is 0.0766 e. The normalized spacial score (nSPS) is 16.1. The molecule has 0 aromatic rings. The van der Waals surface area contributed by atoms with Crippen molar-refractivity contribution in [1.29, 1.82) is 0 Å². The van der Waals surface area contributed by atoms with E-state index in [-0.39, 0.29) is 0 Å². The Balaban J connectivity index is 3.54. The van der Waals surface area contributed by atoms with Crippen molar-refractivity contribution in [3.05, 3.63) is 0 Å². The molecule has 0 spiro atoms. The molecule has 1 unspecified atom stereocenters. The molecule has 2 N–H and O–H groups in total. The van der Waals surface area contributed by atoms with Gasteiger partial charge in [-0.3, -0.25) is 0 Å². The molecule has 0 aliphatic heterocycles. The summed E-state index contributed by atoms with van der Waals surface area (Å²) in [5, 5.41) is 13.3. The van der Waals surface area contributed by atoms with Gasteiger partial charge >= 0.3 is 0 Å². The van der Waals surface area contributed by atoms with Crippen LogP contribution in [0.15, 0.2) is 0 Å². The Morgan fingerprint density at radius 1 is 1.25 bits per heavy atom. The number of hydrogen-bond donors (Lipinski definition) is 2. The highest BCUT2D eigenvalue weighted by Crippen LogP contribution is 2.14. The van der Waals surface area contributed by atoms with Crippen LogP contribution in [0.2, 0.25) is 0 Å². The van der Waals surface area contributed by atoms with Crippen molar-refractivity contribution >= 4 is 0 Å². The fraction of sp³-hybridized carbons (Fsp3) is 1.00. The van der Waals surface area contributed by atoms with Crippen molar-refractivity contribution in [3.8, 4) is 0 Å². The Kier molecular flexibility index (Phi) is 7.20. The molecule has 0 fully saturated rings. The second kappa shape index (κ2) is 7.25. The summed E-state index contributed by atoms with van der Waals surface area (Å²) in [4.78, 5) is 2.34. The third-order valence-corrected chi connectivity index (χ3v) is 3.47. The minimum atomic E-state index is -0.593. The summed E-state index contributed by atoms with van der Waals surface area (Å²) in [5.41, 5.74) is -0.593. The monoisotopic (exact) mass is 230 g/mol. The van der Waals surface area contributed by atoms with Gasteiger partial charge in [-0.15, -0.1) is 0 Å². The van der Waals surface area contributed by atoms with Gasteiger partial charge < -0.3 is 15.3 Å². The highest BCUT2D eigenvalue weighted by Gasteiger charge is 2.23. The van der Waals surface area contributed by atoms with Crippen molar-refractivity contribution in [1.82, 2.24) is 10.2 Å². The van der Waals surface area contributed by atoms with Crippen LogP contribution >= 0.6 is 0 Å². The van der Waals surface area contributed by atoms with Gasteiger partial charge in [0.1, 0.15) is 0 Å². The number of hydrogen-bond acceptors (Lipinski definition) is 3. The average Bonchev–Trinajstić information content (AvgIpc) is 2.16. The predicted molar refractivity (Wildman–Crippen MR) is 70.7 cm³/mol. The third-order valence-electron chi connectivity index (χ3n) is 3.47. The largest absolute Gasteiger partial charge is 0.389 e. The molecule has 0 saturated heterocycles. The van der Waals surface area contributed by atoms with Crippen molar-refractivity contribution in [2.75, 3.05) is 26.7 Å². The van der Waals surface area contributed by atoms with Crippen LogP contribution in [0, 0.1) is 5.92 Å². The molecule has 0 aromatic heterocycles. The summed E-state index contributed by atoms with van der Waals surface area (Å²) in [6.45, 7) is 13.2. The quantitative estimate of drug-likeness (QED) is 0.623. The Hall–Kier alpha value is -0.120. The molecule has 0 saturated carbocycles.